The van der Waals surface area contributed by atoms with Gasteiger partial charge in [0.25, 0.3) is 10.0 Å². The summed E-state index contributed by atoms with van der Waals surface area (Å²) in [5.41, 5.74) is -4.32. The van der Waals surface area contributed by atoms with Gasteiger partial charge < -0.3 is 0 Å². The van der Waals surface area contributed by atoms with E-state index >= 15 is 0 Å². The Hall–Kier alpha value is -1.19. The minimum Gasteiger partial charge on any atom is -0.279 e. The maximum atomic E-state index is 12.3. The van der Waals surface area contributed by atoms with Crippen molar-refractivity contribution in [1.29, 1.82) is 0 Å². The third-order valence-electron chi connectivity index (χ3n) is 2.08. The number of nitrogens with one attached hydrogen (secondary N) is 1. The number of sulfonamides is 1. The zero-order valence-corrected chi connectivity index (χ0v) is 12.2. The predicted octanol–water partition coefficient (Wildman–Crippen LogP) is 4.16. The molecule has 0 aliphatic heterocycles. The average Bonchev–Trinajstić information content (AvgIpc) is 2.80. The number of thiophene rings is 1. The summed E-state index contributed by atoms with van der Waals surface area (Å²) >= 11 is 0.734. The molecule has 0 fully saturated rings. The van der Waals surface area contributed by atoms with E-state index in [9.17, 15) is 21.6 Å². The third kappa shape index (κ3) is 4.15. The minimum atomic E-state index is -4.41. The van der Waals surface area contributed by atoms with Crippen molar-refractivity contribution in [2.75, 3.05) is 4.72 Å². The van der Waals surface area contributed by atoms with E-state index in [0.29, 0.717) is 0 Å². The summed E-state index contributed by atoms with van der Waals surface area (Å²) < 4.78 is 63.0. The van der Waals surface area contributed by atoms with Crippen molar-refractivity contribution in [2.24, 2.45) is 0 Å². The van der Waals surface area contributed by atoms with E-state index < -0.39 is 15.5 Å². The smallest absolute Gasteiger partial charge is 0.279 e. The van der Waals surface area contributed by atoms with Gasteiger partial charge in [-0.25, -0.2) is 8.42 Å². The first-order chi connectivity index (χ1) is 9.26. The van der Waals surface area contributed by atoms with Crippen LogP contribution in [0.1, 0.15) is 0 Å². The Kier molecular flexibility index (Phi) is 4.31. The van der Waals surface area contributed by atoms with Crippen molar-refractivity contribution < 1.29 is 21.6 Å². The molecule has 20 heavy (non-hydrogen) atoms. The molecule has 1 heterocycles. The van der Waals surface area contributed by atoms with Crippen LogP contribution < -0.4 is 4.72 Å². The van der Waals surface area contributed by atoms with Crippen molar-refractivity contribution in [2.45, 2.75) is 14.6 Å². The molecule has 0 saturated carbocycles. The highest BCUT2D eigenvalue weighted by atomic mass is 32.2. The third-order valence-corrected chi connectivity index (χ3v) is 5.58. The number of anilines is 1. The Labute approximate surface area is 121 Å². The van der Waals surface area contributed by atoms with E-state index in [4.69, 9.17) is 0 Å². The quantitative estimate of drug-likeness (QED) is 0.851. The van der Waals surface area contributed by atoms with Crippen LogP contribution in [0.25, 0.3) is 0 Å². The summed E-state index contributed by atoms with van der Waals surface area (Å²) in [6.45, 7) is 0. The molecule has 2 aromatic rings. The van der Waals surface area contributed by atoms with Gasteiger partial charge in [0.1, 0.15) is 4.21 Å². The lowest BCUT2D eigenvalue weighted by Gasteiger charge is -2.09. The molecule has 2 rings (SSSR count). The molecule has 0 radical (unpaired) electrons. The highest BCUT2D eigenvalue weighted by Crippen LogP contribution is 2.37. The van der Waals surface area contributed by atoms with E-state index in [1.165, 1.54) is 24.3 Å². The molecule has 1 aromatic carbocycles. The van der Waals surface area contributed by atoms with Crippen LogP contribution in [0.5, 0.6) is 0 Å². The fourth-order valence-corrected chi connectivity index (χ4v) is 4.02. The first kappa shape index (κ1) is 15.2. The van der Waals surface area contributed by atoms with Gasteiger partial charge in [-0.3, -0.25) is 4.72 Å². The zero-order valence-electron chi connectivity index (χ0n) is 9.72. The van der Waals surface area contributed by atoms with E-state index in [-0.39, 0.29) is 26.6 Å². The maximum Gasteiger partial charge on any atom is 0.446 e. The fourth-order valence-electron chi connectivity index (χ4n) is 1.38. The van der Waals surface area contributed by atoms with Crippen LogP contribution in [0.4, 0.5) is 18.9 Å². The van der Waals surface area contributed by atoms with Gasteiger partial charge in [-0.2, -0.15) is 13.2 Å². The van der Waals surface area contributed by atoms with Crippen LogP contribution in [0.2, 0.25) is 0 Å². The van der Waals surface area contributed by atoms with Crippen LogP contribution in [0.3, 0.4) is 0 Å². The summed E-state index contributed by atoms with van der Waals surface area (Å²) in [6, 6.07) is 8.16. The van der Waals surface area contributed by atoms with Crippen molar-refractivity contribution in [1.82, 2.24) is 0 Å². The Balaban J connectivity index is 2.21. The first-order valence-electron chi connectivity index (χ1n) is 5.18. The molecular weight excluding hydrogens is 331 g/mol. The Morgan fingerprint density at radius 1 is 1.15 bits per heavy atom. The molecule has 0 aliphatic carbocycles. The molecule has 0 aliphatic rings. The summed E-state index contributed by atoms with van der Waals surface area (Å²) in [7, 11) is -3.75. The molecule has 0 unspecified atom stereocenters. The molecule has 1 N–H and O–H groups in total. The van der Waals surface area contributed by atoms with Crippen LogP contribution in [-0.2, 0) is 10.0 Å². The topological polar surface area (TPSA) is 46.2 Å². The second kappa shape index (κ2) is 5.66. The summed E-state index contributed by atoms with van der Waals surface area (Å²) in [5.74, 6) is 0. The van der Waals surface area contributed by atoms with Gasteiger partial charge in [-0.05, 0) is 41.4 Å². The van der Waals surface area contributed by atoms with E-state index in [1.807, 2.05) is 0 Å². The molecule has 1 aromatic heterocycles. The van der Waals surface area contributed by atoms with Crippen molar-refractivity contribution in [3.63, 3.8) is 0 Å². The summed E-state index contributed by atoms with van der Waals surface area (Å²) in [4.78, 5) is -0.0797. The van der Waals surface area contributed by atoms with Crippen molar-refractivity contribution in [3.8, 4) is 0 Å². The largest absolute Gasteiger partial charge is 0.446 e. The van der Waals surface area contributed by atoms with Crippen molar-refractivity contribution in [3.05, 3.63) is 41.8 Å². The Morgan fingerprint density at radius 2 is 1.90 bits per heavy atom. The highest BCUT2D eigenvalue weighted by Gasteiger charge is 2.29. The van der Waals surface area contributed by atoms with Crippen LogP contribution in [-0.4, -0.2) is 13.9 Å². The lowest BCUT2D eigenvalue weighted by Crippen LogP contribution is -2.11. The number of halogens is 3. The first-order valence-corrected chi connectivity index (χ1v) is 8.36. The van der Waals surface area contributed by atoms with Crippen LogP contribution in [0.15, 0.2) is 50.9 Å². The monoisotopic (exact) mass is 339 g/mol. The minimum absolute atomic E-state index is 0.0797. The van der Waals surface area contributed by atoms with Gasteiger partial charge in [0.05, 0.1) is 0 Å². The average molecular weight is 339 g/mol. The van der Waals surface area contributed by atoms with Gasteiger partial charge in [0.2, 0.25) is 0 Å². The second-order valence-electron chi connectivity index (χ2n) is 3.61. The number of alkyl halides is 3. The molecule has 0 spiro atoms. The fraction of sp³-hybridized carbons (Fsp3) is 0.0909. The standard InChI is InChI=1S/C11H8F3NO2S3/c12-11(13,14)19-9-4-1-3-8(7-9)15-20(16,17)10-5-2-6-18-10/h1-7,15H. The van der Waals surface area contributed by atoms with Gasteiger partial charge in [-0.15, -0.1) is 11.3 Å². The van der Waals surface area contributed by atoms with Crippen molar-refractivity contribution >= 4 is 38.8 Å². The molecule has 0 saturated heterocycles. The van der Waals surface area contributed by atoms with Crippen LogP contribution in [0, 0.1) is 0 Å². The number of thioether (sulfide) groups is 1. The second-order valence-corrected chi connectivity index (χ2v) is 7.61. The van der Waals surface area contributed by atoms with Gasteiger partial charge in [0, 0.05) is 10.6 Å². The number of benzene rings is 1. The number of hydrogen-bond donors (Lipinski definition) is 1. The maximum absolute atomic E-state index is 12.3. The SMILES string of the molecule is O=S(=O)(Nc1cccc(SC(F)(F)F)c1)c1cccs1. The van der Waals surface area contributed by atoms with Gasteiger partial charge in [-0.1, -0.05) is 12.1 Å². The van der Waals surface area contributed by atoms with E-state index in [1.54, 1.807) is 11.4 Å². The predicted molar refractivity (Wildman–Crippen MR) is 73.5 cm³/mol. The number of rotatable bonds is 4. The lowest BCUT2D eigenvalue weighted by molar-refractivity contribution is -0.0328. The van der Waals surface area contributed by atoms with Crippen LogP contribution >= 0.6 is 23.1 Å². The Bertz CT molecular complexity index is 681. The Morgan fingerprint density at radius 3 is 2.50 bits per heavy atom. The molecule has 0 atom stereocenters. The molecule has 0 bridgehead atoms. The summed E-state index contributed by atoms with van der Waals surface area (Å²) in [5, 5.41) is 1.60. The van der Waals surface area contributed by atoms with E-state index in [0.717, 1.165) is 17.4 Å². The molecule has 9 heteroatoms. The molecule has 0 amide bonds. The van der Waals surface area contributed by atoms with Gasteiger partial charge in [0.15, 0.2) is 0 Å². The highest BCUT2D eigenvalue weighted by molar-refractivity contribution is 8.00. The number of hydrogen-bond acceptors (Lipinski definition) is 4. The normalized spacial score (nSPS) is 12.3. The zero-order chi connectivity index (χ0) is 14.8. The van der Waals surface area contributed by atoms with Gasteiger partial charge >= 0.3 is 5.51 Å². The molecule has 3 nitrogen and oxygen atoms in total. The lowest BCUT2D eigenvalue weighted by atomic mass is 10.3. The molecule has 108 valence electrons. The van der Waals surface area contributed by atoms with E-state index in [2.05, 4.69) is 4.72 Å². The summed E-state index contributed by atoms with van der Waals surface area (Å²) in [6.07, 6.45) is 0. The molecular formula is C11H8F3NO2S3.